The Morgan fingerprint density at radius 2 is 1.29 bits per heavy atom. The predicted octanol–water partition coefficient (Wildman–Crippen LogP) is 2.48. The van der Waals surface area contributed by atoms with Crippen LogP contribution in [0.5, 0.6) is 0 Å². The van der Waals surface area contributed by atoms with Crippen LogP contribution in [0.3, 0.4) is 0 Å². The van der Waals surface area contributed by atoms with Gasteiger partial charge in [-0.25, -0.2) is 0 Å². The lowest BCUT2D eigenvalue weighted by Gasteiger charge is -2.38. The molecule has 4 heteroatoms. The van der Waals surface area contributed by atoms with E-state index in [2.05, 4.69) is 0 Å². The molecule has 0 aromatic carbocycles. The predicted molar refractivity (Wildman–Crippen MR) is 68.4 cm³/mol. The van der Waals surface area contributed by atoms with E-state index in [0.717, 1.165) is 6.41 Å². The van der Waals surface area contributed by atoms with Crippen molar-refractivity contribution in [2.45, 2.75) is 54.0 Å². The Hall–Kier alpha value is -0.610. The van der Waals surface area contributed by atoms with E-state index in [4.69, 9.17) is 9.47 Å². The average molecular weight is 245 g/mol. The van der Waals surface area contributed by atoms with Crippen LogP contribution in [-0.4, -0.2) is 37.0 Å². The number of carbonyl (C=O) groups excluding carboxylic acids is 1. The molecule has 0 aromatic rings. The topological polar surface area (TPSA) is 38.8 Å². The summed E-state index contributed by atoms with van der Waals surface area (Å²) in [6, 6.07) is 0. The van der Waals surface area contributed by atoms with Gasteiger partial charge in [-0.05, 0) is 25.7 Å². The van der Waals surface area contributed by atoms with Crippen molar-refractivity contribution in [2.24, 2.45) is 11.8 Å². The van der Waals surface area contributed by atoms with Crippen LogP contribution in [0.4, 0.5) is 0 Å². The maximum absolute atomic E-state index is 11.3. The molecule has 0 bridgehead atoms. The van der Waals surface area contributed by atoms with Crippen LogP contribution in [0.2, 0.25) is 0 Å². The van der Waals surface area contributed by atoms with E-state index in [1.165, 1.54) is 0 Å². The molecule has 0 saturated carbocycles. The number of hydrogen-bond donors (Lipinski definition) is 0. The first kappa shape index (κ1) is 16.4. The van der Waals surface area contributed by atoms with Gasteiger partial charge < -0.3 is 9.47 Å². The molecule has 1 amide bonds. The van der Waals surface area contributed by atoms with E-state index in [1.807, 2.05) is 41.5 Å². The lowest BCUT2D eigenvalue weighted by atomic mass is 10.1. The third-order valence-corrected chi connectivity index (χ3v) is 2.52. The summed E-state index contributed by atoms with van der Waals surface area (Å²) in [5.74, 6) is 0.476. The monoisotopic (exact) mass is 245 g/mol. The van der Waals surface area contributed by atoms with Gasteiger partial charge in [0, 0.05) is 13.2 Å². The van der Waals surface area contributed by atoms with E-state index >= 15 is 0 Å². The summed E-state index contributed by atoms with van der Waals surface area (Å²) >= 11 is 0. The summed E-state index contributed by atoms with van der Waals surface area (Å²) in [5.41, 5.74) is 0. The van der Waals surface area contributed by atoms with Crippen LogP contribution in [0.25, 0.3) is 0 Å². The molecule has 0 fully saturated rings. The molecule has 0 spiro atoms. The van der Waals surface area contributed by atoms with Crippen molar-refractivity contribution < 1.29 is 14.3 Å². The molecule has 2 atom stereocenters. The van der Waals surface area contributed by atoms with Crippen molar-refractivity contribution in [1.29, 1.82) is 0 Å². The highest BCUT2D eigenvalue weighted by Gasteiger charge is 2.30. The summed E-state index contributed by atoms with van der Waals surface area (Å²) in [6.45, 7) is 13.2. The minimum Gasteiger partial charge on any atom is -0.358 e. The molecule has 0 aromatic heterocycles. The second kappa shape index (κ2) is 8.48. The Kier molecular flexibility index (Phi) is 8.17. The first-order valence-electron chi connectivity index (χ1n) is 6.45. The molecule has 0 saturated heterocycles. The van der Waals surface area contributed by atoms with Gasteiger partial charge in [-0.3, -0.25) is 9.69 Å². The van der Waals surface area contributed by atoms with Gasteiger partial charge in [0.2, 0.25) is 6.41 Å². The van der Waals surface area contributed by atoms with Gasteiger partial charge >= 0.3 is 0 Å². The van der Waals surface area contributed by atoms with Crippen molar-refractivity contribution in [3.8, 4) is 0 Å². The van der Waals surface area contributed by atoms with Crippen molar-refractivity contribution in [2.75, 3.05) is 13.2 Å². The number of hydrogen-bond acceptors (Lipinski definition) is 3. The fourth-order valence-electron chi connectivity index (χ4n) is 1.85. The van der Waals surface area contributed by atoms with Crippen LogP contribution >= 0.6 is 0 Å². The molecule has 0 aliphatic rings. The second-order valence-corrected chi connectivity index (χ2v) is 4.73. The highest BCUT2D eigenvalue weighted by atomic mass is 16.5. The summed E-state index contributed by atoms with van der Waals surface area (Å²) in [6.07, 6.45) is 0.383. The van der Waals surface area contributed by atoms with Crippen molar-refractivity contribution in [1.82, 2.24) is 4.90 Å². The Labute approximate surface area is 105 Å². The molecule has 0 radical (unpaired) electrons. The van der Waals surface area contributed by atoms with Gasteiger partial charge in [0.1, 0.15) is 12.5 Å². The number of rotatable bonds is 9. The Morgan fingerprint density at radius 1 is 0.941 bits per heavy atom. The molecule has 0 aliphatic heterocycles. The summed E-state index contributed by atoms with van der Waals surface area (Å²) in [7, 11) is 0. The zero-order valence-corrected chi connectivity index (χ0v) is 12.0. The molecule has 4 nitrogen and oxygen atoms in total. The van der Waals surface area contributed by atoms with Gasteiger partial charge in [0.25, 0.3) is 0 Å². The minimum absolute atomic E-state index is 0.226. The summed E-state index contributed by atoms with van der Waals surface area (Å²) < 4.78 is 11.3. The minimum atomic E-state index is -0.226. The van der Waals surface area contributed by atoms with Crippen LogP contribution in [-0.2, 0) is 14.3 Å². The van der Waals surface area contributed by atoms with Gasteiger partial charge in [0.15, 0.2) is 0 Å². The zero-order valence-electron chi connectivity index (χ0n) is 12.0. The van der Waals surface area contributed by atoms with Gasteiger partial charge in [-0.2, -0.15) is 0 Å². The normalized spacial score (nSPS) is 15.1. The van der Waals surface area contributed by atoms with Gasteiger partial charge in [-0.1, -0.05) is 27.7 Å². The van der Waals surface area contributed by atoms with Crippen molar-refractivity contribution in [3.63, 3.8) is 0 Å². The fourth-order valence-corrected chi connectivity index (χ4v) is 1.85. The molecule has 0 N–H and O–H groups in total. The van der Waals surface area contributed by atoms with Gasteiger partial charge in [0.05, 0.1) is 0 Å². The van der Waals surface area contributed by atoms with Gasteiger partial charge in [-0.15, -0.1) is 0 Å². The molecule has 0 aliphatic carbocycles. The lowest BCUT2D eigenvalue weighted by molar-refractivity contribution is -0.181. The summed E-state index contributed by atoms with van der Waals surface area (Å²) in [4.78, 5) is 13.0. The molecule has 0 rings (SSSR count). The van der Waals surface area contributed by atoms with Crippen LogP contribution in [0, 0.1) is 11.8 Å². The SMILES string of the molecule is CCOC(C(C)C)N(C=O)C(OCC)C(C)C. The Morgan fingerprint density at radius 3 is 1.47 bits per heavy atom. The molecular formula is C13H27NO3. The van der Waals surface area contributed by atoms with E-state index in [0.29, 0.717) is 13.2 Å². The summed E-state index contributed by atoms with van der Waals surface area (Å²) in [5, 5.41) is 0. The average Bonchev–Trinajstić information content (AvgIpc) is 2.26. The molecule has 0 heterocycles. The maximum Gasteiger partial charge on any atom is 0.213 e. The number of amides is 1. The largest absolute Gasteiger partial charge is 0.358 e. The highest BCUT2D eigenvalue weighted by molar-refractivity contribution is 5.48. The lowest BCUT2D eigenvalue weighted by Crippen LogP contribution is -2.49. The third-order valence-electron chi connectivity index (χ3n) is 2.52. The van der Waals surface area contributed by atoms with Crippen LogP contribution in [0.1, 0.15) is 41.5 Å². The number of carbonyl (C=O) groups is 1. The zero-order chi connectivity index (χ0) is 13.4. The number of nitrogens with zero attached hydrogens (tertiary/aromatic N) is 1. The van der Waals surface area contributed by atoms with Crippen molar-refractivity contribution in [3.05, 3.63) is 0 Å². The third kappa shape index (κ3) is 5.04. The fraction of sp³-hybridized carbons (Fsp3) is 0.923. The van der Waals surface area contributed by atoms with E-state index < -0.39 is 0 Å². The first-order valence-corrected chi connectivity index (χ1v) is 6.45. The molecular weight excluding hydrogens is 218 g/mol. The second-order valence-electron chi connectivity index (χ2n) is 4.73. The highest BCUT2D eigenvalue weighted by Crippen LogP contribution is 2.19. The molecule has 102 valence electrons. The first-order chi connectivity index (χ1) is 7.99. The van der Waals surface area contributed by atoms with E-state index in [9.17, 15) is 4.79 Å². The van der Waals surface area contributed by atoms with E-state index in [-0.39, 0.29) is 24.3 Å². The van der Waals surface area contributed by atoms with E-state index in [1.54, 1.807) is 4.90 Å². The molecule has 2 unspecified atom stereocenters. The quantitative estimate of drug-likeness (QED) is 0.463. The van der Waals surface area contributed by atoms with Crippen LogP contribution < -0.4 is 0 Å². The van der Waals surface area contributed by atoms with Crippen molar-refractivity contribution >= 4 is 6.41 Å². The Bertz CT molecular complexity index is 189. The maximum atomic E-state index is 11.3. The smallest absolute Gasteiger partial charge is 0.213 e. The standard InChI is InChI=1S/C13H27NO3/c1-7-16-12(10(3)4)14(9-15)13(11(5)6)17-8-2/h9-13H,7-8H2,1-6H3. The number of ether oxygens (including phenoxy) is 2. The molecule has 17 heavy (non-hydrogen) atoms. The Balaban J connectivity index is 4.88. The van der Waals surface area contributed by atoms with Crippen LogP contribution in [0.15, 0.2) is 0 Å².